The summed E-state index contributed by atoms with van der Waals surface area (Å²) in [6, 6.07) is 7.53. The molecule has 0 unspecified atom stereocenters. The average molecular weight is 401 g/mol. The van der Waals surface area contributed by atoms with Gasteiger partial charge in [-0.25, -0.2) is 9.17 Å². The van der Waals surface area contributed by atoms with Crippen LogP contribution in [0.3, 0.4) is 0 Å². The van der Waals surface area contributed by atoms with Gasteiger partial charge in [0, 0.05) is 23.8 Å². The van der Waals surface area contributed by atoms with Gasteiger partial charge in [-0.1, -0.05) is 23.7 Å². The van der Waals surface area contributed by atoms with E-state index in [0.29, 0.717) is 24.4 Å². The Morgan fingerprint density at radius 1 is 1.35 bits per heavy atom. The van der Waals surface area contributed by atoms with Crippen molar-refractivity contribution in [1.29, 1.82) is 0 Å². The number of aryl methyl sites for hydroxylation is 1. The predicted octanol–water partition coefficient (Wildman–Crippen LogP) is 2.60. The van der Waals surface area contributed by atoms with Crippen LogP contribution < -0.4 is 0 Å². The van der Waals surface area contributed by atoms with Crippen LogP contribution in [0.5, 0.6) is 0 Å². The van der Waals surface area contributed by atoms with Crippen LogP contribution in [0.25, 0.3) is 0 Å². The summed E-state index contributed by atoms with van der Waals surface area (Å²) in [5.41, 5.74) is 1.07. The van der Waals surface area contributed by atoms with Crippen molar-refractivity contribution in [1.82, 2.24) is 9.55 Å². The zero-order chi connectivity index (χ0) is 18.8. The first-order chi connectivity index (χ1) is 12.2. The molecule has 9 heteroatoms. The average Bonchev–Trinajstić information content (AvgIpc) is 3.14. The topological polar surface area (TPSA) is 79.7 Å². The van der Waals surface area contributed by atoms with Gasteiger partial charge in [-0.2, -0.15) is 8.42 Å². The third-order valence-corrected chi connectivity index (χ3v) is 4.92. The molecule has 2 atom stereocenters. The van der Waals surface area contributed by atoms with Crippen molar-refractivity contribution < 1.29 is 22.1 Å². The summed E-state index contributed by atoms with van der Waals surface area (Å²) in [6.45, 7) is 1.94. The van der Waals surface area contributed by atoms with Crippen molar-refractivity contribution in [2.24, 2.45) is 0 Å². The maximum Gasteiger partial charge on any atom is 0.267 e. The molecule has 0 amide bonds. The summed E-state index contributed by atoms with van der Waals surface area (Å²) in [5.74, 6) is -2.39. The van der Waals surface area contributed by atoms with Gasteiger partial charge in [0.15, 0.2) is 5.79 Å². The van der Waals surface area contributed by atoms with Crippen LogP contribution in [-0.2, 0) is 36.7 Å². The fourth-order valence-electron chi connectivity index (χ4n) is 3.00. The third kappa shape index (κ3) is 5.05. The Morgan fingerprint density at radius 3 is 2.69 bits per heavy atom. The van der Waals surface area contributed by atoms with Gasteiger partial charge in [-0.3, -0.25) is 0 Å². The Balaban J connectivity index is 1.78. The second-order valence-electron chi connectivity index (χ2n) is 6.58. The molecule has 0 aliphatic carbocycles. The standard InChI is InChI=1S/C17H21ClN2O5S/c1-16(25-26(2,21)22)12-23-17(24-16,11-20-10-9-19-13-20)8-7-14-3-5-15(18)6-4-14/h3-6,9-10,13H,7-8,11-12H2,1-2H3/t16-,17+/m0/s1. The Kier molecular flexibility index (Phi) is 5.41. The Morgan fingerprint density at radius 2 is 2.08 bits per heavy atom. The molecule has 7 nitrogen and oxygen atoms in total. The quantitative estimate of drug-likeness (QED) is 0.664. The number of imidazole rings is 1. The molecule has 142 valence electrons. The first-order valence-electron chi connectivity index (χ1n) is 8.12. The number of nitrogens with zero attached hydrogens (tertiary/aromatic N) is 2. The summed E-state index contributed by atoms with van der Waals surface area (Å²) in [4.78, 5) is 4.03. The van der Waals surface area contributed by atoms with Crippen molar-refractivity contribution in [3.63, 3.8) is 0 Å². The van der Waals surface area contributed by atoms with Crippen LogP contribution in [0.4, 0.5) is 0 Å². The zero-order valence-corrected chi connectivity index (χ0v) is 16.2. The molecule has 26 heavy (non-hydrogen) atoms. The lowest BCUT2D eigenvalue weighted by atomic mass is 10.0. The molecule has 0 radical (unpaired) electrons. The summed E-state index contributed by atoms with van der Waals surface area (Å²) in [7, 11) is -3.69. The monoisotopic (exact) mass is 400 g/mol. The second kappa shape index (κ2) is 7.28. The number of hydrogen-bond acceptors (Lipinski definition) is 6. The molecule has 3 rings (SSSR count). The molecule has 2 heterocycles. The van der Waals surface area contributed by atoms with E-state index in [9.17, 15) is 8.42 Å². The van der Waals surface area contributed by atoms with E-state index in [1.54, 1.807) is 25.6 Å². The summed E-state index contributed by atoms with van der Waals surface area (Å²) in [6.07, 6.45) is 7.28. The van der Waals surface area contributed by atoms with Crippen LogP contribution in [0.2, 0.25) is 5.02 Å². The molecule has 1 fully saturated rings. The minimum Gasteiger partial charge on any atom is -0.342 e. The van der Waals surface area contributed by atoms with Gasteiger partial charge in [0.05, 0.1) is 19.1 Å². The van der Waals surface area contributed by atoms with Crippen molar-refractivity contribution in [3.8, 4) is 0 Å². The highest BCUT2D eigenvalue weighted by Gasteiger charge is 2.50. The van der Waals surface area contributed by atoms with E-state index < -0.39 is 21.7 Å². The van der Waals surface area contributed by atoms with Gasteiger partial charge >= 0.3 is 0 Å². The molecular weight excluding hydrogens is 380 g/mol. The Bertz CT molecular complexity index is 841. The van der Waals surface area contributed by atoms with E-state index >= 15 is 0 Å². The molecule has 1 aliphatic heterocycles. The zero-order valence-electron chi connectivity index (χ0n) is 14.6. The van der Waals surface area contributed by atoms with Crippen LogP contribution >= 0.6 is 11.6 Å². The van der Waals surface area contributed by atoms with E-state index in [1.165, 1.54) is 0 Å². The van der Waals surface area contributed by atoms with E-state index in [2.05, 4.69) is 4.98 Å². The summed E-state index contributed by atoms with van der Waals surface area (Å²) < 4.78 is 42.0. The summed E-state index contributed by atoms with van der Waals surface area (Å²) in [5, 5.41) is 0.671. The lowest BCUT2D eigenvalue weighted by molar-refractivity contribution is -0.236. The molecule has 0 spiro atoms. The lowest BCUT2D eigenvalue weighted by Crippen LogP contribution is -2.41. The minimum atomic E-state index is -3.69. The molecule has 1 aromatic carbocycles. The molecule has 1 saturated heterocycles. The first kappa shape index (κ1) is 19.3. The maximum absolute atomic E-state index is 11.5. The van der Waals surface area contributed by atoms with Crippen molar-refractivity contribution in [2.75, 3.05) is 12.9 Å². The normalized spacial score (nSPS) is 26.3. The predicted molar refractivity (Wildman–Crippen MR) is 96.1 cm³/mol. The fraction of sp³-hybridized carbons (Fsp3) is 0.471. The highest BCUT2D eigenvalue weighted by molar-refractivity contribution is 7.86. The first-order valence-corrected chi connectivity index (χ1v) is 10.3. The number of rotatable bonds is 7. The fourth-order valence-corrected chi connectivity index (χ4v) is 3.85. The number of aromatic nitrogens is 2. The number of halogens is 1. The molecule has 1 aromatic heterocycles. The second-order valence-corrected chi connectivity index (χ2v) is 8.60. The highest BCUT2D eigenvalue weighted by atomic mass is 35.5. The molecule has 0 saturated carbocycles. The van der Waals surface area contributed by atoms with Gasteiger partial charge in [0.2, 0.25) is 5.79 Å². The number of hydrogen-bond donors (Lipinski definition) is 0. The van der Waals surface area contributed by atoms with Crippen LogP contribution in [-0.4, -0.2) is 42.4 Å². The van der Waals surface area contributed by atoms with E-state index in [-0.39, 0.29) is 6.61 Å². The van der Waals surface area contributed by atoms with E-state index in [4.69, 9.17) is 25.3 Å². The van der Waals surface area contributed by atoms with Crippen molar-refractivity contribution >= 4 is 21.7 Å². The van der Waals surface area contributed by atoms with Gasteiger partial charge in [-0.05, 0) is 31.0 Å². The SMILES string of the molecule is C[C@]1(OS(C)(=O)=O)CO[C@@](CCc2ccc(Cl)cc2)(Cn2ccnc2)O1. The smallest absolute Gasteiger partial charge is 0.267 e. The maximum atomic E-state index is 11.5. The molecule has 2 aromatic rings. The third-order valence-electron chi connectivity index (χ3n) is 4.02. The molecular formula is C17H21ClN2O5S. The molecule has 0 N–H and O–H groups in total. The van der Waals surface area contributed by atoms with Crippen LogP contribution in [0.15, 0.2) is 43.0 Å². The Labute approximate surface area is 158 Å². The minimum absolute atomic E-state index is 0.00931. The van der Waals surface area contributed by atoms with E-state index in [1.807, 2.05) is 28.8 Å². The van der Waals surface area contributed by atoms with E-state index in [0.717, 1.165) is 11.8 Å². The highest BCUT2D eigenvalue weighted by Crippen LogP contribution is 2.37. The van der Waals surface area contributed by atoms with Gasteiger partial charge < -0.3 is 14.0 Å². The van der Waals surface area contributed by atoms with Gasteiger partial charge in [-0.15, -0.1) is 0 Å². The largest absolute Gasteiger partial charge is 0.342 e. The Hall–Kier alpha value is -1.45. The van der Waals surface area contributed by atoms with Crippen molar-refractivity contribution in [3.05, 3.63) is 53.6 Å². The van der Waals surface area contributed by atoms with Gasteiger partial charge in [0.25, 0.3) is 10.1 Å². The molecule has 0 bridgehead atoms. The lowest BCUT2D eigenvalue weighted by Gasteiger charge is -2.30. The van der Waals surface area contributed by atoms with Gasteiger partial charge in [0.1, 0.15) is 6.61 Å². The summed E-state index contributed by atoms with van der Waals surface area (Å²) >= 11 is 5.93. The van der Waals surface area contributed by atoms with Crippen LogP contribution in [0, 0.1) is 0 Å². The van der Waals surface area contributed by atoms with Crippen molar-refractivity contribution in [2.45, 2.75) is 37.9 Å². The molecule has 1 aliphatic rings. The number of benzene rings is 1. The number of ether oxygens (including phenoxy) is 2. The van der Waals surface area contributed by atoms with Crippen LogP contribution in [0.1, 0.15) is 18.9 Å².